The predicted octanol–water partition coefficient (Wildman–Crippen LogP) is 2.46. The molecule has 6 nitrogen and oxygen atoms in total. The predicted molar refractivity (Wildman–Crippen MR) is 92.9 cm³/mol. The largest absolute Gasteiger partial charge is 0.379 e. The molecule has 2 N–H and O–H groups in total. The number of hydrogen-bond acceptors (Lipinski definition) is 5. The lowest BCUT2D eigenvalue weighted by atomic mass is 10.1. The Morgan fingerprint density at radius 3 is 3.04 bits per heavy atom. The molecule has 124 valence electrons. The van der Waals surface area contributed by atoms with Gasteiger partial charge in [-0.3, -0.25) is 4.79 Å². The van der Waals surface area contributed by atoms with Gasteiger partial charge < -0.3 is 10.5 Å². The summed E-state index contributed by atoms with van der Waals surface area (Å²) in [5.74, 6) is 0.851. The Bertz CT molecular complexity index is 909. The summed E-state index contributed by atoms with van der Waals surface area (Å²) >= 11 is 1.74. The van der Waals surface area contributed by atoms with E-state index in [2.05, 4.69) is 29.1 Å². The maximum Gasteiger partial charge on any atom is 0.225 e. The first-order valence-electron chi connectivity index (χ1n) is 7.93. The highest BCUT2D eigenvalue weighted by atomic mass is 32.1. The summed E-state index contributed by atoms with van der Waals surface area (Å²) in [5.41, 5.74) is 6.41. The third kappa shape index (κ3) is 2.59. The van der Waals surface area contributed by atoms with Crippen LogP contribution in [0.15, 0.2) is 24.3 Å². The topological polar surface area (TPSA) is 83.0 Å². The molecule has 4 rings (SSSR count). The van der Waals surface area contributed by atoms with Crippen molar-refractivity contribution >= 4 is 27.3 Å². The number of aromatic nitrogens is 3. The number of rotatable bonds is 4. The van der Waals surface area contributed by atoms with Gasteiger partial charge in [0, 0.05) is 27.1 Å². The van der Waals surface area contributed by atoms with E-state index in [1.54, 1.807) is 11.3 Å². The van der Waals surface area contributed by atoms with Crippen LogP contribution in [0.4, 0.5) is 0 Å². The molecule has 1 aromatic carbocycles. The highest BCUT2D eigenvalue weighted by Crippen LogP contribution is 2.38. The van der Waals surface area contributed by atoms with Crippen LogP contribution in [0.3, 0.4) is 0 Å². The van der Waals surface area contributed by atoms with Crippen LogP contribution in [0, 0.1) is 6.92 Å². The summed E-state index contributed by atoms with van der Waals surface area (Å²) in [6.07, 6.45) is 0.947. The molecular weight excluding hydrogens is 324 g/mol. The lowest BCUT2D eigenvalue weighted by molar-refractivity contribution is -0.117. The summed E-state index contributed by atoms with van der Waals surface area (Å²) in [4.78, 5) is 17.1. The number of nitrogens with two attached hydrogens (primary N) is 1. The standard InChI is InChI=1S/C17H18N4O2S/c1-10-16(12-4-2-3-5-13(12)24-10)17-19-15(8-14(18)22)20-21(17)11-6-7-23-9-11/h2-5,11H,6-9H2,1H3,(H2,18,22). The van der Waals surface area contributed by atoms with Crippen molar-refractivity contribution in [3.63, 3.8) is 0 Å². The average molecular weight is 342 g/mol. The van der Waals surface area contributed by atoms with Gasteiger partial charge >= 0.3 is 0 Å². The molecule has 1 amide bonds. The zero-order valence-corrected chi connectivity index (χ0v) is 14.2. The third-order valence-corrected chi connectivity index (χ3v) is 5.34. The third-order valence-electron chi connectivity index (χ3n) is 4.25. The van der Waals surface area contributed by atoms with Crippen molar-refractivity contribution in [3.8, 4) is 11.4 Å². The van der Waals surface area contributed by atoms with Gasteiger partial charge in [0.05, 0.1) is 19.1 Å². The fraction of sp³-hybridized carbons (Fsp3) is 0.353. The van der Waals surface area contributed by atoms with Crippen LogP contribution in [-0.2, 0) is 16.0 Å². The first-order valence-corrected chi connectivity index (χ1v) is 8.75. The fourth-order valence-electron chi connectivity index (χ4n) is 3.18. The Balaban J connectivity index is 1.90. The van der Waals surface area contributed by atoms with Gasteiger partial charge in [-0.05, 0) is 19.4 Å². The number of primary amides is 1. The summed E-state index contributed by atoms with van der Waals surface area (Å²) in [6.45, 7) is 3.43. The van der Waals surface area contributed by atoms with Gasteiger partial charge in [-0.15, -0.1) is 11.3 Å². The Kier molecular flexibility index (Phi) is 3.82. The van der Waals surface area contributed by atoms with Crippen molar-refractivity contribution in [2.24, 2.45) is 5.73 Å². The number of thiophene rings is 1. The zero-order chi connectivity index (χ0) is 16.7. The number of benzene rings is 1. The van der Waals surface area contributed by atoms with Gasteiger partial charge in [0.2, 0.25) is 5.91 Å². The van der Waals surface area contributed by atoms with E-state index in [1.807, 2.05) is 16.8 Å². The zero-order valence-electron chi connectivity index (χ0n) is 13.4. The normalized spacial score (nSPS) is 17.6. The number of hydrogen-bond donors (Lipinski definition) is 1. The quantitative estimate of drug-likeness (QED) is 0.789. The van der Waals surface area contributed by atoms with Crippen molar-refractivity contribution in [2.75, 3.05) is 13.2 Å². The van der Waals surface area contributed by atoms with E-state index in [4.69, 9.17) is 10.5 Å². The van der Waals surface area contributed by atoms with Crippen molar-refractivity contribution in [1.29, 1.82) is 0 Å². The molecule has 1 aliphatic heterocycles. The number of carbonyl (C=O) groups excluding carboxylic acids is 1. The molecule has 0 saturated carbocycles. The monoisotopic (exact) mass is 342 g/mol. The highest BCUT2D eigenvalue weighted by Gasteiger charge is 2.26. The second-order valence-corrected chi connectivity index (χ2v) is 7.24. The SMILES string of the molecule is Cc1sc2ccccc2c1-c1nc(CC(N)=O)nn1C1CCOC1. The lowest BCUT2D eigenvalue weighted by Crippen LogP contribution is -2.16. The van der Waals surface area contributed by atoms with Crippen LogP contribution in [-0.4, -0.2) is 33.9 Å². The average Bonchev–Trinajstić information content (AvgIpc) is 3.23. The van der Waals surface area contributed by atoms with Crippen molar-refractivity contribution in [3.05, 3.63) is 35.0 Å². The maximum atomic E-state index is 11.3. The van der Waals surface area contributed by atoms with E-state index in [-0.39, 0.29) is 12.5 Å². The van der Waals surface area contributed by atoms with Gasteiger partial charge in [0.15, 0.2) is 11.6 Å². The van der Waals surface area contributed by atoms with Crippen molar-refractivity contribution < 1.29 is 9.53 Å². The van der Waals surface area contributed by atoms with Crippen LogP contribution in [0.25, 0.3) is 21.5 Å². The van der Waals surface area contributed by atoms with E-state index in [1.165, 1.54) is 9.58 Å². The summed E-state index contributed by atoms with van der Waals surface area (Å²) in [5, 5.41) is 5.73. The molecule has 1 aliphatic rings. The lowest BCUT2D eigenvalue weighted by Gasteiger charge is -2.11. The first kappa shape index (κ1) is 15.3. The molecule has 1 unspecified atom stereocenters. The molecule has 7 heteroatoms. The first-order chi connectivity index (χ1) is 11.6. The smallest absolute Gasteiger partial charge is 0.225 e. The molecule has 1 fully saturated rings. The molecule has 0 radical (unpaired) electrons. The minimum atomic E-state index is -0.423. The van der Waals surface area contributed by atoms with Crippen LogP contribution >= 0.6 is 11.3 Å². The summed E-state index contributed by atoms with van der Waals surface area (Å²) < 4.78 is 8.66. The second-order valence-electron chi connectivity index (χ2n) is 5.99. The Labute approximate surface area is 143 Å². The second kappa shape index (κ2) is 5.99. The summed E-state index contributed by atoms with van der Waals surface area (Å²) in [7, 11) is 0. The molecule has 24 heavy (non-hydrogen) atoms. The van der Waals surface area contributed by atoms with E-state index >= 15 is 0 Å². The maximum absolute atomic E-state index is 11.3. The Morgan fingerprint density at radius 1 is 1.46 bits per heavy atom. The van der Waals surface area contributed by atoms with Crippen LogP contribution in [0.1, 0.15) is 23.2 Å². The van der Waals surface area contributed by atoms with E-state index in [0.29, 0.717) is 12.4 Å². The summed E-state index contributed by atoms with van der Waals surface area (Å²) in [6, 6.07) is 8.43. The molecule has 0 bridgehead atoms. The van der Waals surface area contributed by atoms with Crippen molar-refractivity contribution in [2.45, 2.75) is 25.8 Å². The Hall–Kier alpha value is -2.25. The van der Waals surface area contributed by atoms with Gasteiger partial charge in [0.1, 0.15) is 0 Å². The van der Waals surface area contributed by atoms with Gasteiger partial charge in [-0.25, -0.2) is 9.67 Å². The van der Waals surface area contributed by atoms with Crippen molar-refractivity contribution in [1.82, 2.24) is 14.8 Å². The minimum Gasteiger partial charge on any atom is -0.379 e. The number of carbonyl (C=O) groups is 1. The van der Waals surface area contributed by atoms with Crippen LogP contribution in [0.2, 0.25) is 0 Å². The number of amides is 1. The molecule has 0 aliphatic carbocycles. The molecule has 3 aromatic rings. The van der Waals surface area contributed by atoms with E-state index in [0.717, 1.165) is 29.8 Å². The molecule has 3 heterocycles. The van der Waals surface area contributed by atoms with Gasteiger partial charge in [-0.2, -0.15) is 5.10 Å². The van der Waals surface area contributed by atoms with Gasteiger partial charge in [-0.1, -0.05) is 18.2 Å². The molecule has 2 aromatic heterocycles. The van der Waals surface area contributed by atoms with Crippen LogP contribution in [0.5, 0.6) is 0 Å². The molecular formula is C17H18N4O2S. The molecule has 1 saturated heterocycles. The van der Waals surface area contributed by atoms with Gasteiger partial charge in [0.25, 0.3) is 0 Å². The molecule has 0 spiro atoms. The molecule has 1 atom stereocenters. The number of nitrogens with zero attached hydrogens (tertiary/aromatic N) is 3. The number of fused-ring (bicyclic) bond motifs is 1. The van der Waals surface area contributed by atoms with E-state index < -0.39 is 5.91 Å². The fourth-order valence-corrected chi connectivity index (χ4v) is 4.24. The number of aryl methyl sites for hydroxylation is 1. The Morgan fingerprint density at radius 2 is 2.29 bits per heavy atom. The van der Waals surface area contributed by atoms with E-state index in [9.17, 15) is 4.79 Å². The highest BCUT2D eigenvalue weighted by molar-refractivity contribution is 7.19. The van der Waals surface area contributed by atoms with Crippen LogP contribution < -0.4 is 5.73 Å². The minimum absolute atomic E-state index is 0.0503. The number of ether oxygens (including phenoxy) is 1.